The van der Waals surface area contributed by atoms with E-state index in [0.717, 1.165) is 32.6 Å². The van der Waals surface area contributed by atoms with Crippen LogP contribution in [-0.2, 0) is 4.79 Å². The maximum atomic E-state index is 13.7. The third kappa shape index (κ3) is 3.72. The monoisotopic (exact) mass is 559 g/mol. The van der Waals surface area contributed by atoms with Crippen LogP contribution in [0.2, 0.25) is 0 Å². The number of rotatable bonds is 4. The predicted octanol–water partition coefficient (Wildman–Crippen LogP) is 6.66. The van der Waals surface area contributed by atoms with E-state index in [1.807, 2.05) is 48.7 Å². The van der Waals surface area contributed by atoms with Gasteiger partial charge in [-0.25, -0.2) is 9.48 Å². The van der Waals surface area contributed by atoms with Crippen LogP contribution in [0.5, 0.6) is 0 Å². The number of para-hydroxylation sites is 1. The van der Waals surface area contributed by atoms with E-state index in [2.05, 4.69) is 27.3 Å². The second-order valence-corrected chi connectivity index (χ2v) is 11.0. The first-order valence-electron chi connectivity index (χ1n) is 11.7. The number of hydrogen-bond donors (Lipinski definition) is 2. The molecule has 0 spiro atoms. The highest BCUT2D eigenvalue weighted by Gasteiger charge is 2.41. The van der Waals surface area contributed by atoms with Gasteiger partial charge >= 0.3 is 5.97 Å². The molecule has 3 heterocycles. The summed E-state index contributed by atoms with van der Waals surface area (Å²) < 4.78 is 2.65. The van der Waals surface area contributed by atoms with Gasteiger partial charge in [0.2, 0.25) is 0 Å². The number of hydrogen-bond acceptors (Lipinski definition) is 5. The topological polar surface area (TPSA) is 84.2 Å². The van der Waals surface area contributed by atoms with Crippen molar-refractivity contribution in [1.29, 1.82) is 0 Å². The summed E-state index contributed by atoms with van der Waals surface area (Å²) in [6, 6.07) is 19.0. The minimum atomic E-state index is -1.02. The van der Waals surface area contributed by atoms with Crippen LogP contribution in [0.15, 0.2) is 81.8 Å². The summed E-state index contributed by atoms with van der Waals surface area (Å²) in [5.74, 6) is -0.337. The molecule has 0 fully saturated rings. The molecule has 0 saturated heterocycles. The second kappa shape index (κ2) is 8.87. The Labute approximate surface area is 220 Å². The fourth-order valence-electron chi connectivity index (χ4n) is 5.40. The van der Waals surface area contributed by atoms with Crippen LogP contribution >= 0.6 is 27.3 Å². The lowest BCUT2D eigenvalue weighted by molar-refractivity contribution is -0.116. The van der Waals surface area contributed by atoms with Gasteiger partial charge in [-0.3, -0.25) is 4.79 Å². The van der Waals surface area contributed by atoms with Crippen LogP contribution in [0.1, 0.15) is 56.7 Å². The van der Waals surface area contributed by atoms with Gasteiger partial charge in [0.1, 0.15) is 5.82 Å². The number of nitrogens with zero attached hydrogens (tertiary/aromatic N) is 2. The highest BCUT2D eigenvalue weighted by atomic mass is 79.9. The highest BCUT2D eigenvalue weighted by molar-refractivity contribution is 9.10. The summed E-state index contributed by atoms with van der Waals surface area (Å²) in [4.78, 5) is 26.9. The van der Waals surface area contributed by atoms with Crippen molar-refractivity contribution in [3.05, 3.63) is 109 Å². The third-order valence-corrected chi connectivity index (χ3v) is 8.54. The Hall–Kier alpha value is -3.49. The summed E-state index contributed by atoms with van der Waals surface area (Å²) in [6.07, 6.45) is 1.18. The van der Waals surface area contributed by atoms with Gasteiger partial charge in [0, 0.05) is 44.4 Å². The van der Waals surface area contributed by atoms with Crippen molar-refractivity contribution in [1.82, 2.24) is 9.78 Å². The van der Waals surface area contributed by atoms with Crippen molar-refractivity contribution in [2.45, 2.75) is 31.6 Å². The Balaban J connectivity index is 1.56. The highest BCUT2D eigenvalue weighted by Crippen LogP contribution is 2.50. The Kier molecular flexibility index (Phi) is 5.65. The predicted molar refractivity (Wildman–Crippen MR) is 143 cm³/mol. The number of fused-ring (bicyclic) bond motifs is 1. The summed E-state index contributed by atoms with van der Waals surface area (Å²) >= 11 is 5.19. The molecule has 0 bridgehead atoms. The zero-order valence-corrected chi connectivity index (χ0v) is 21.8. The van der Waals surface area contributed by atoms with E-state index in [0.29, 0.717) is 24.3 Å². The van der Waals surface area contributed by atoms with Gasteiger partial charge in [0.05, 0.1) is 16.9 Å². The van der Waals surface area contributed by atoms with E-state index in [1.54, 1.807) is 34.2 Å². The smallest absolute Gasteiger partial charge is 0.337 e. The molecule has 0 saturated carbocycles. The van der Waals surface area contributed by atoms with Crippen molar-refractivity contribution in [3.8, 4) is 5.69 Å². The normalized spacial score (nSPS) is 19.0. The molecular weight excluding hydrogens is 538 g/mol. The van der Waals surface area contributed by atoms with Crippen LogP contribution in [0.25, 0.3) is 5.69 Å². The maximum Gasteiger partial charge on any atom is 0.337 e. The van der Waals surface area contributed by atoms with E-state index in [9.17, 15) is 14.7 Å². The SMILES string of the molecule is Cc1nn(-c2ccccc2C(=O)O)c2c1[C@H](c1ccc(Br)cc1)C1=C(C[C@@H](c3cccs3)CC1=O)N2. The van der Waals surface area contributed by atoms with E-state index in [1.165, 1.54) is 4.88 Å². The number of carboxylic acid groups (broad SMARTS) is 1. The summed E-state index contributed by atoms with van der Waals surface area (Å²) in [7, 11) is 0. The average Bonchev–Trinajstić information content (AvgIpc) is 3.52. The number of anilines is 1. The number of allylic oxidation sites excluding steroid dienone is 2. The molecule has 8 heteroatoms. The molecule has 4 aromatic rings. The molecule has 6 rings (SSSR count). The molecule has 0 unspecified atom stereocenters. The van der Waals surface area contributed by atoms with Gasteiger partial charge < -0.3 is 10.4 Å². The fraction of sp³-hybridized carbons (Fsp3) is 0.179. The summed E-state index contributed by atoms with van der Waals surface area (Å²) in [6.45, 7) is 1.92. The van der Waals surface area contributed by atoms with Gasteiger partial charge in [-0.2, -0.15) is 5.10 Å². The fourth-order valence-corrected chi connectivity index (χ4v) is 6.50. The number of thiophene rings is 1. The molecule has 6 nitrogen and oxygen atoms in total. The molecule has 180 valence electrons. The van der Waals surface area contributed by atoms with Crippen molar-refractivity contribution < 1.29 is 14.7 Å². The molecule has 2 aromatic carbocycles. The minimum absolute atomic E-state index is 0.111. The zero-order chi connectivity index (χ0) is 25.0. The maximum absolute atomic E-state index is 13.7. The van der Waals surface area contributed by atoms with Crippen molar-refractivity contribution in [2.75, 3.05) is 5.32 Å². The Morgan fingerprint density at radius 3 is 2.61 bits per heavy atom. The zero-order valence-electron chi connectivity index (χ0n) is 19.4. The number of ketones is 1. The van der Waals surface area contributed by atoms with Crippen LogP contribution in [0.3, 0.4) is 0 Å². The molecule has 36 heavy (non-hydrogen) atoms. The number of halogens is 1. The lowest BCUT2D eigenvalue weighted by Gasteiger charge is -2.35. The number of aromatic nitrogens is 2. The first kappa shape index (κ1) is 22.9. The van der Waals surface area contributed by atoms with Gasteiger partial charge in [0.25, 0.3) is 0 Å². The lowest BCUT2D eigenvalue weighted by atomic mass is 9.73. The van der Waals surface area contributed by atoms with Gasteiger partial charge in [-0.05, 0) is 54.6 Å². The van der Waals surface area contributed by atoms with Crippen LogP contribution in [0.4, 0.5) is 5.82 Å². The largest absolute Gasteiger partial charge is 0.478 e. The van der Waals surface area contributed by atoms with Gasteiger partial charge in [-0.1, -0.05) is 46.3 Å². The number of carbonyl (C=O) groups excluding carboxylic acids is 1. The van der Waals surface area contributed by atoms with E-state index in [4.69, 9.17) is 5.10 Å². The van der Waals surface area contributed by atoms with Crippen molar-refractivity contribution >= 4 is 44.8 Å². The van der Waals surface area contributed by atoms with Gasteiger partial charge in [0.15, 0.2) is 5.78 Å². The molecule has 2 N–H and O–H groups in total. The van der Waals surface area contributed by atoms with Crippen LogP contribution in [-0.4, -0.2) is 26.6 Å². The Bertz CT molecular complexity index is 1540. The van der Waals surface area contributed by atoms with Crippen LogP contribution in [0, 0.1) is 6.92 Å². The van der Waals surface area contributed by atoms with E-state index in [-0.39, 0.29) is 23.2 Å². The lowest BCUT2D eigenvalue weighted by Crippen LogP contribution is -2.30. The molecule has 0 radical (unpaired) electrons. The molecular formula is C28H22BrN3O3S. The van der Waals surface area contributed by atoms with Gasteiger partial charge in [-0.15, -0.1) is 11.3 Å². The minimum Gasteiger partial charge on any atom is -0.478 e. The van der Waals surface area contributed by atoms with E-state index < -0.39 is 5.97 Å². The molecule has 0 amide bonds. The Morgan fingerprint density at radius 2 is 1.89 bits per heavy atom. The number of aryl methyl sites for hydroxylation is 1. The third-order valence-electron chi connectivity index (χ3n) is 6.97. The summed E-state index contributed by atoms with van der Waals surface area (Å²) in [5, 5.41) is 20.2. The van der Waals surface area contributed by atoms with Crippen LogP contribution < -0.4 is 5.32 Å². The quantitative estimate of drug-likeness (QED) is 0.292. The summed E-state index contributed by atoms with van der Waals surface area (Å²) in [5.41, 5.74) is 4.99. The second-order valence-electron chi connectivity index (χ2n) is 9.13. The first-order chi connectivity index (χ1) is 17.4. The number of aromatic carboxylic acids is 1. The molecule has 1 aliphatic heterocycles. The standard InChI is InChI=1S/C28H22BrN3O3S/c1-15-24-25(16-8-10-18(29)11-9-16)26-20(13-17(14-22(26)33)23-7-4-12-36-23)30-27(24)32(31-15)21-6-3-2-5-19(21)28(34)35/h2-12,17,25,30H,13-14H2,1H3,(H,34,35)/t17-,25+/m1/s1. The van der Waals surface area contributed by atoms with Crippen molar-refractivity contribution in [3.63, 3.8) is 0 Å². The average molecular weight is 560 g/mol. The number of nitrogens with one attached hydrogen (secondary N) is 1. The number of carbonyl (C=O) groups is 2. The number of carboxylic acids is 1. The number of benzene rings is 2. The first-order valence-corrected chi connectivity index (χ1v) is 13.3. The number of Topliss-reactive ketones (excluding diaryl/α,β-unsaturated/α-hetero) is 1. The molecule has 1 aliphatic carbocycles. The van der Waals surface area contributed by atoms with Crippen molar-refractivity contribution in [2.24, 2.45) is 0 Å². The molecule has 2 atom stereocenters. The molecule has 2 aliphatic rings. The van der Waals surface area contributed by atoms with E-state index >= 15 is 0 Å². The Morgan fingerprint density at radius 1 is 1.11 bits per heavy atom. The molecule has 2 aromatic heterocycles.